The first-order chi connectivity index (χ1) is 6.24. The van der Waals surface area contributed by atoms with Gasteiger partial charge in [0.25, 0.3) is 5.91 Å². The van der Waals surface area contributed by atoms with Crippen molar-refractivity contribution in [2.24, 2.45) is 5.73 Å². The lowest BCUT2D eigenvalue weighted by Gasteiger charge is -2.10. The van der Waals surface area contributed by atoms with Crippen LogP contribution in [0.25, 0.3) is 0 Å². The molecule has 0 aromatic carbocycles. The highest BCUT2D eigenvalue weighted by Crippen LogP contribution is 2.00. The lowest BCUT2D eigenvalue weighted by molar-refractivity contribution is 0.0911. The molecule has 0 bridgehead atoms. The quantitative estimate of drug-likeness (QED) is 0.721. The van der Waals surface area contributed by atoms with Crippen molar-refractivity contribution in [2.45, 2.75) is 19.4 Å². The fourth-order valence-electron chi connectivity index (χ4n) is 1.02. The number of hydrogen-bond acceptors (Lipinski definition) is 3. The van der Waals surface area contributed by atoms with Gasteiger partial charge < -0.3 is 15.5 Å². The SMILES string of the molecule is CC(CCN)NC(=O)c1ccco1. The van der Waals surface area contributed by atoms with Crippen molar-refractivity contribution in [3.63, 3.8) is 0 Å². The molecular formula is C9H14N2O2. The summed E-state index contributed by atoms with van der Waals surface area (Å²) >= 11 is 0. The monoisotopic (exact) mass is 182 g/mol. The van der Waals surface area contributed by atoms with Gasteiger partial charge in [-0.15, -0.1) is 0 Å². The van der Waals surface area contributed by atoms with E-state index < -0.39 is 0 Å². The summed E-state index contributed by atoms with van der Waals surface area (Å²) in [5.41, 5.74) is 5.35. The van der Waals surface area contributed by atoms with E-state index in [0.717, 1.165) is 6.42 Å². The zero-order chi connectivity index (χ0) is 9.68. The van der Waals surface area contributed by atoms with Crippen LogP contribution >= 0.6 is 0 Å². The Labute approximate surface area is 77.1 Å². The molecule has 0 saturated heterocycles. The van der Waals surface area contributed by atoms with Crippen LogP contribution < -0.4 is 11.1 Å². The molecule has 0 fully saturated rings. The summed E-state index contributed by atoms with van der Waals surface area (Å²) in [7, 11) is 0. The third-order valence-corrected chi connectivity index (χ3v) is 1.72. The largest absolute Gasteiger partial charge is 0.459 e. The Morgan fingerprint density at radius 1 is 1.77 bits per heavy atom. The molecule has 0 aliphatic carbocycles. The second kappa shape index (κ2) is 4.67. The van der Waals surface area contributed by atoms with Crippen molar-refractivity contribution in [3.05, 3.63) is 24.2 Å². The standard InChI is InChI=1S/C9H14N2O2/c1-7(4-5-10)11-9(12)8-3-2-6-13-8/h2-3,6-7H,4-5,10H2,1H3,(H,11,12). The molecule has 0 spiro atoms. The van der Waals surface area contributed by atoms with Gasteiger partial charge in [-0.25, -0.2) is 0 Å². The molecule has 1 rings (SSSR count). The van der Waals surface area contributed by atoms with Gasteiger partial charge in [-0.05, 0) is 32.0 Å². The van der Waals surface area contributed by atoms with Gasteiger partial charge in [0, 0.05) is 6.04 Å². The van der Waals surface area contributed by atoms with Crippen LogP contribution in [0.15, 0.2) is 22.8 Å². The minimum Gasteiger partial charge on any atom is -0.459 e. The summed E-state index contributed by atoms with van der Waals surface area (Å²) in [6, 6.07) is 3.40. The Kier molecular flexibility index (Phi) is 3.52. The molecule has 0 radical (unpaired) electrons. The highest BCUT2D eigenvalue weighted by Gasteiger charge is 2.10. The van der Waals surface area contributed by atoms with Crippen LogP contribution in [0.4, 0.5) is 0 Å². The maximum Gasteiger partial charge on any atom is 0.287 e. The number of hydrogen-bond donors (Lipinski definition) is 2. The van der Waals surface area contributed by atoms with Crippen LogP contribution in [-0.2, 0) is 0 Å². The van der Waals surface area contributed by atoms with Crippen LogP contribution in [-0.4, -0.2) is 18.5 Å². The van der Waals surface area contributed by atoms with Crippen LogP contribution in [0.2, 0.25) is 0 Å². The molecule has 1 aromatic rings. The van der Waals surface area contributed by atoms with Gasteiger partial charge in [0.2, 0.25) is 0 Å². The molecule has 0 aliphatic heterocycles. The van der Waals surface area contributed by atoms with Crippen LogP contribution in [0.5, 0.6) is 0 Å². The Hall–Kier alpha value is -1.29. The first-order valence-corrected chi connectivity index (χ1v) is 4.28. The molecule has 1 heterocycles. The summed E-state index contributed by atoms with van der Waals surface area (Å²) < 4.78 is 4.93. The third kappa shape index (κ3) is 2.91. The number of nitrogens with two attached hydrogens (primary N) is 1. The maximum atomic E-state index is 11.3. The van der Waals surface area contributed by atoms with Crippen molar-refractivity contribution in [2.75, 3.05) is 6.54 Å². The zero-order valence-electron chi connectivity index (χ0n) is 7.62. The van der Waals surface area contributed by atoms with E-state index in [0.29, 0.717) is 12.3 Å². The molecule has 0 aliphatic rings. The molecule has 1 aromatic heterocycles. The second-order valence-electron chi connectivity index (χ2n) is 2.93. The molecule has 3 N–H and O–H groups in total. The number of carbonyl (C=O) groups excluding carboxylic acids is 1. The van der Waals surface area contributed by atoms with Crippen molar-refractivity contribution >= 4 is 5.91 Å². The van der Waals surface area contributed by atoms with E-state index in [9.17, 15) is 4.79 Å². The zero-order valence-corrected chi connectivity index (χ0v) is 7.62. The Morgan fingerprint density at radius 2 is 2.54 bits per heavy atom. The van der Waals surface area contributed by atoms with Crippen molar-refractivity contribution in [1.29, 1.82) is 0 Å². The molecule has 0 saturated carbocycles. The highest BCUT2D eigenvalue weighted by atomic mass is 16.3. The number of amides is 1. The highest BCUT2D eigenvalue weighted by molar-refractivity contribution is 5.91. The fourth-order valence-corrected chi connectivity index (χ4v) is 1.02. The van der Waals surface area contributed by atoms with E-state index in [-0.39, 0.29) is 11.9 Å². The Morgan fingerprint density at radius 3 is 3.08 bits per heavy atom. The average Bonchev–Trinajstić information content (AvgIpc) is 2.55. The topological polar surface area (TPSA) is 68.3 Å². The van der Waals surface area contributed by atoms with E-state index in [1.54, 1.807) is 12.1 Å². The van der Waals surface area contributed by atoms with E-state index in [1.165, 1.54) is 6.26 Å². The van der Waals surface area contributed by atoms with E-state index in [4.69, 9.17) is 10.2 Å². The number of rotatable bonds is 4. The lowest BCUT2D eigenvalue weighted by atomic mass is 10.2. The van der Waals surface area contributed by atoms with Crippen LogP contribution in [0.3, 0.4) is 0 Å². The fraction of sp³-hybridized carbons (Fsp3) is 0.444. The first-order valence-electron chi connectivity index (χ1n) is 4.28. The van der Waals surface area contributed by atoms with Gasteiger partial charge in [0.05, 0.1) is 6.26 Å². The first kappa shape index (κ1) is 9.80. The molecule has 13 heavy (non-hydrogen) atoms. The average molecular weight is 182 g/mol. The van der Waals surface area contributed by atoms with Gasteiger partial charge in [0.15, 0.2) is 5.76 Å². The van der Waals surface area contributed by atoms with Gasteiger partial charge in [-0.3, -0.25) is 4.79 Å². The summed E-state index contributed by atoms with van der Waals surface area (Å²) in [4.78, 5) is 11.3. The van der Waals surface area contributed by atoms with Gasteiger partial charge >= 0.3 is 0 Å². The molecule has 1 atom stereocenters. The molecule has 1 amide bonds. The smallest absolute Gasteiger partial charge is 0.287 e. The minimum atomic E-state index is -0.189. The Bertz CT molecular complexity index is 257. The summed E-state index contributed by atoms with van der Waals surface area (Å²) in [5, 5.41) is 2.77. The third-order valence-electron chi connectivity index (χ3n) is 1.72. The van der Waals surface area contributed by atoms with Gasteiger partial charge in [0.1, 0.15) is 0 Å². The van der Waals surface area contributed by atoms with Gasteiger partial charge in [-0.1, -0.05) is 0 Å². The van der Waals surface area contributed by atoms with Gasteiger partial charge in [-0.2, -0.15) is 0 Å². The van der Waals surface area contributed by atoms with E-state index >= 15 is 0 Å². The van der Waals surface area contributed by atoms with Crippen molar-refractivity contribution < 1.29 is 9.21 Å². The molecular weight excluding hydrogens is 168 g/mol. The molecule has 72 valence electrons. The molecule has 1 unspecified atom stereocenters. The molecule has 4 nitrogen and oxygen atoms in total. The normalized spacial score (nSPS) is 12.5. The maximum absolute atomic E-state index is 11.3. The van der Waals surface area contributed by atoms with Crippen LogP contribution in [0, 0.1) is 0 Å². The number of nitrogens with one attached hydrogen (secondary N) is 1. The summed E-state index contributed by atoms with van der Waals surface area (Å²) in [6.45, 7) is 2.48. The number of furan rings is 1. The van der Waals surface area contributed by atoms with Crippen molar-refractivity contribution in [1.82, 2.24) is 5.32 Å². The number of carbonyl (C=O) groups is 1. The van der Waals surface area contributed by atoms with Crippen LogP contribution in [0.1, 0.15) is 23.9 Å². The summed E-state index contributed by atoms with van der Waals surface area (Å²) in [6.07, 6.45) is 2.25. The predicted molar refractivity (Wildman–Crippen MR) is 49.3 cm³/mol. The minimum absolute atomic E-state index is 0.0857. The Balaban J connectivity index is 2.42. The van der Waals surface area contributed by atoms with E-state index in [1.807, 2.05) is 6.92 Å². The van der Waals surface area contributed by atoms with E-state index in [2.05, 4.69) is 5.32 Å². The summed E-state index contributed by atoms with van der Waals surface area (Å²) in [5.74, 6) is 0.148. The molecule has 4 heteroatoms. The van der Waals surface area contributed by atoms with Crippen molar-refractivity contribution in [3.8, 4) is 0 Å². The lowest BCUT2D eigenvalue weighted by Crippen LogP contribution is -2.33. The predicted octanol–water partition coefficient (Wildman–Crippen LogP) is 0.747. The second-order valence-corrected chi connectivity index (χ2v) is 2.93.